The summed E-state index contributed by atoms with van der Waals surface area (Å²) in [7, 11) is 0. The Hall–Kier alpha value is -1.50. The van der Waals surface area contributed by atoms with Gasteiger partial charge in [0.05, 0.1) is 13.2 Å². The molecule has 0 amide bonds. The van der Waals surface area contributed by atoms with Gasteiger partial charge in [0.1, 0.15) is 0 Å². The monoisotopic (exact) mass is 281 g/mol. The molecule has 1 aromatic carbocycles. The largest absolute Gasteiger partial charge is 0.504 e. The Labute approximate surface area is 108 Å². The summed E-state index contributed by atoms with van der Waals surface area (Å²) in [5, 5.41) is 11.7. The van der Waals surface area contributed by atoms with E-state index in [9.17, 15) is 22.7 Å². The molecule has 0 atom stereocenters. The third-order valence-electron chi connectivity index (χ3n) is 2.33. The highest BCUT2D eigenvalue weighted by atomic mass is 19.3. The molecule has 0 aliphatic heterocycles. The van der Waals surface area contributed by atoms with Gasteiger partial charge in [0, 0.05) is 6.54 Å². The number of rotatable bonds is 7. The molecule has 3 nitrogen and oxygen atoms in total. The Morgan fingerprint density at radius 2 is 2.05 bits per heavy atom. The predicted molar refractivity (Wildman–Crippen MR) is 61.9 cm³/mol. The number of phenols is 1. The van der Waals surface area contributed by atoms with Gasteiger partial charge in [-0.3, -0.25) is 0 Å². The van der Waals surface area contributed by atoms with Crippen molar-refractivity contribution in [2.75, 3.05) is 13.2 Å². The second kappa shape index (κ2) is 6.60. The van der Waals surface area contributed by atoms with Gasteiger partial charge in [-0.1, -0.05) is 6.07 Å². The van der Waals surface area contributed by atoms with Crippen LogP contribution in [0, 0.1) is 0 Å². The Kier molecular flexibility index (Phi) is 5.41. The third kappa shape index (κ3) is 4.59. The fourth-order valence-electron chi connectivity index (χ4n) is 1.39. The Morgan fingerprint density at radius 3 is 2.63 bits per heavy atom. The lowest BCUT2D eigenvalue weighted by atomic mass is 10.2. The van der Waals surface area contributed by atoms with Crippen LogP contribution < -0.4 is 10.1 Å². The van der Waals surface area contributed by atoms with E-state index >= 15 is 0 Å². The lowest BCUT2D eigenvalue weighted by Gasteiger charge is -2.16. The van der Waals surface area contributed by atoms with Crippen molar-refractivity contribution in [1.29, 1.82) is 0 Å². The van der Waals surface area contributed by atoms with Crippen LogP contribution in [0.5, 0.6) is 11.5 Å². The van der Waals surface area contributed by atoms with E-state index in [2.05, 4.69) is 5.32 Å². The minimum atomic E-state index is -4.06. The van der Waals surface area contributed by atoms with Crippen LogP contribution in [0.2, 0.25) is 0 Å². The molecule has 0 aliphatic carbocycles. The number of ether oxygens (including phenoxy) is 1. The third-order valence-corrected chi connectivity index (χ3v) is 2.33. The summed E-state index contributed by atoms with van der Waals surface area (Å²) < 4.78 is 54.2. The van der Waals surface area contributed by atoms with Crippen LogP contribution in [0.15, 0.2) is 18.2 Å². The first-order valence-electron chi connectivity index (χ1n) is 5.68. The topological polar surface area (TPSA) is 41.5 Å². The first kappa shape index (κ1) is 15.6. The maximum absolute atomic E-state index is 12.6. The highest BCUT2D eigenvalue weighted by Gasteiger charge is 2.39. The number of alkyl halides is 4. The van der Waals surface area contributed by atoms with E-state index in [0.717, 1.165) is 0 Å². The zero-order valence-electron chi connectivity index (χ0n) is 10.3. The van der Waals surface area contributed by atoms with E-state index < -0.39 is 18.9 Å². The SMILES string of the molecule is CCOc1cc(CNCC(F)(F)C(F)F)ccc1O. The Balaban J connectivity index is 2.56. The zero-order valence-corrected chi connectivity index (χ0v) is 10.3. The standard InChI is InChI=1S/C12H15F4NO2/c1-2-19-10-5-8(3-4-9(10)18)6-17-7-12(15,16)11(13)14/h3-5,11,17-18H,2,6-7H2,1H3. The fraction of sp³-hybridized carbons (Fsp3) is 0.500. The Bertz CT molecular complexity index is 413. The van der Waals surface area contributed by atoms with E-state index in [1.54, 1.807) is 6.92 Å². The average Bonchev–Trinajstić information content (AvgIpc) is 2.33. The molecule has 0 saturated heterocycles. The van der Waals surface area contributed by atoms with Crippen LogP contribution >= 0.6 is 0 Å². The number of hydrogen-bond acceptors (Lipinski definition) is 3. The fourth-order valence-corrected chi connectivity index (χ4v) is 1.39. The number of phenolic OH excluding ortho intramolecular Hbond substituents is 1. The highest BCUT2D eigenvalue weighted by molar-refractivity contribution is 5.41. The van der Waals surface area contributed by atoms with Crippen molar-refractivity contribution in [3.8, 4) is 11.5 Å². The molecule has 0 radical (unpaired) electrons. The molecular weight excluding hydrogens is 266 g/mol. The average molecular weight is 281 g/mol. The smallest absolute Gasteiger partial charge is 0.319 e. The molecule has 0 saturated carbocycles. The van der Waals surface area contributed by atoms with Gasteiger partial charge >= 0.3 is 12.3 Å². The molecule has 0 bridgehead atoms. The predicted octanol–water partition coefficient (Wildman–Crippen LogP) is 2.78. The quantitative estimate of drug-likeness (QED) is 0.755. The van der Waals surface area contributed by atoms with Gasteiger partial charge in [0.15, 0.2) is 11.5 Å². The summed E-state index contributed by atoms with van der Waals surface area (Å²) in [5.74, 6) is -3.90. The molecule has 19 heavy (non-hydrogen) atoms. The van der Waals surface area contributed by atoms with Crippen LogP contribution in [0.25, 0.3) is 0 Å². The number of halogens is 4. The van der Waals surface area contributed by atoms with Crippen LogP contribution in [0.3, 0.4) is 0 Å². The van der Waals surface area contributed by atoms with Crippen molar-refractivity contribution >= 4 is 0 Å². The molecule has 0 unspecified atom stereocenters. The molecule has 0 fully saturated rings. The van der Waals surface area contributed by atoms with Gasteiger partial charge in [-0.05, 0) is 24.6 Å². The lowest BCUT2D eigenvalue weighted by Crippen LogP contribution is -2.38. The highest BCUT2D eigenvalue weighted by Crippen LogP contribution is 2.27. The van der Waals surface area contributed by atoms with Crippen molar-refractivity contribution in [3.05, 3.63) is 23.8 Å². The summed E-state index contributed by atoms with van der Waals surface area (Å²) in [6, 6.07) is 4.31. The van der Waals surface area contributed by atoms with Crippen LogP contribution in [-0.2, 0) is 6.54 Å². The van der Waals surface area contributed by atoms with Crippen molar-refractivity contribution < 1.29 is 27.4 Å². The minimum Gasteiger partial charge on any atom is -0.504 e. The summed E-state index contributed by atoms with van der Waals surface area (Å²) in [4.78, 5) is 0. The summed E-state index contributed by atoms with van der Waals surface area (Å²) >= 11 is 0. The second-order valence-electron chi connectivity index (χ2n) is 3.90. The molecule has 0 spiro atoms. The summed E-state index contributed by atoms with van der Waals surface area (Å²) in [6.07, 6.45) is -3.70. The maximum Gasteiger partial charge on any atom is 0.319 e. The van der Waals surface area contributed by atoms with Gasteiger partial charge in [-0.2, -0.15) is 8.78 Å². The zero-order chi connectivity index (χ0) is 14.5. The van der Waals surface area contributed by atoms with Crippen molar-refractivity contribution in [2.24, 2.45) is 0 Å². The van der Waals surface area contributed by atoms with Gasteiger partial charge < -0.3 is 15.2 Å². The van der Waals surface area contributed by atoms with Crippen LogP contribution in [0.4, 0.5) is 17.6 Å². The van der Waals surface area contributed by atoms with Gasteiger partial charge in [-0.25, -0.2) is 8.78 Å². The van der Waals surface area contributed by atoms with Crippen LogP contribution in [-0.4, -0.2) is 30.6 Å². The van der Waals surface area contributed by atoms with E-state index in [4.69, 9.17) is 4.74 Å². The maximum atomic E-state index is 12.6. The molecule has 1 rings (SSSR count). The number of aromatic hydroxyl groups is 1. The van der Waals surface area contributed by atoms with Crippen molar-refractivity contribution in [3.63, 3.8) is 0 Å². The first-order chi connectivity index (χ1) is 8.86. The van der Waals surface area contributed by atoms with Gasteiger partial charge in [0.2, 0.25) is 0 Å². The minimum absolute atomic E-state index is 0.0251. The normalized spacial score (nSPS) is 11.9. The van der Waals surface area contributed by atoms with Crippen LogP contribution in [0.1, 0.15) is 12.5 Å². The van der Waals surface area contributed by atoms with Gasteiger partial charge in [0.25, 0.3) is 0 Å². The molecule has 7 heteroatoms. The number of nitrogens with one attached hydrogen (secondary N) is 1. The van der Waals surface area contributed by atoms with Crippen molar-refractivity contribution in [2.45, 2.75) is 25.8 Å². The second-order valence-corrected chi connectivity index (χ2v) is 3.90. The first-order valence-corrected chi connectivity index (χ1v) is 5.68. The number of benzene rings is 1. The van der Waals surface area contributed by atoms with E-state index in [1.165, 1.54) is 18.2 Å². The lowest BCUT2D eigenvalue weighted by molar-refractivity contribution is -0.125. The molecule has 1 aromatic rings. The van der Waals surface area contributed by atoms with Gasteiger partial charge in [-0.15, -0.1) is 0 Å². The molecule has 2 N–H and O–H groups in total. The molecule has 108 valence electrons. The summed E-state index contributed by atoms with van der Waals surface area (Å²) in [5.41, 5.74) is 0.548. The van der Waals surface area contributed by atoms with Crippen molar-refractivity contribution in [1.82, 2.24) is 5.32 Å². The van der Waals surface area contributed by atoms with E-state index in [1.807, 2.05) is 0 Å². The molecule has 0 aromatic heterocycles. The number of hydrogen-bond donors (Lipinski definition) is 2. The molecular formula is C12H15F4NO2. The molecule has 0 aliphatic rings. The molecule has 0 heterocycles. The Morgan fingerprint density at radius 1 is 1.37 bits per heavy atom. The van der Waals surface area contributed by atoms with E-state index in [0.29, 0.717) is 12.2 Å². The van der Waals surface area contributed by atoms with E-state index in [-0.39, 0.29) is 18.0 Å². The summed E-state index contributed by atoms with van der Waals surface area (Å²) in [6.45, 7) is 0.930.